The molecule has 1 atom stereocenters. The van der Waals surface area contributed by atoms with E-state index in [-0.39, 0.29) is 6.04 Å². The van der Waals surface area contributed by atoms with Gasteiger partial charge in [-0.15, -0.1) is 0 Å². The molecule has 1 aromatic carbocycles. The molecule has 0 heterocycles. The van der Waals surface area contributed by atoms with Gasteiger partial charge < -0.3 is 15.2 Å². The maximum atomic E-state index is 5.96. The molecule has 1 unspecified atom stereocenters. The second-order valence-corrected chi connectivity index (χ2v) is 4.77. The number of methoxy groups -OCH3 is 1. The van der Waals surface area contributed by atoms with Crippen molar-refractivity contribution < 1.29 is 9.47 Å². The third kappa shape index (κ3) is 3.89. The van der Waals surface area contributed by atoms with Crippen LogP contribution < -0.4 is 15.2 Å². The van der Waals surface area contributed by atoms with Gasteiger partial charge in [0.05, 0.1) is 18.2 Å². The van der Waals surface area contributed by atoms with Crippen molar-refractivity contribution in [3.8, 4) is 11.5 Å². The van der Waals surface area contributed by atoms with Crippen LogP contribution in [0.4, 0.5) is 0 Å². The van der Waals surface area contributed by atoms with Crippen LogP contribution in [0.3, 0.4) is 0 Å². The van der Waals surface area contributed by atoms with E-state index in [2.05, 4.69) is 22.9 Å². The Kier molecular flexibility index (Phi) is 5.78. The minimum atomic E-state index is 0.185. The molecular weight excluding hydrogens is 282 g/mol. The Balaban J connectivity index is 3.01. The van der Waals surface area contributed by atoms with Gasteiger partial charge in [0.2, 0.25) is 0 Å². The van der Waals surface area contributed by atoms with E-state index in [0.29, 0.717) is 6.61 Å². The monoisotopic (exact) mass is 301 g/mol. The van der Waals surface area contributed by atoms with Crippen LogP contribution >= 0.6 is 15.9 Å². The Bertz CT molecular complexity index is 369. The minimum Gasteiger partial charge on any atom is -0.492 e. The molecule has 1 rings (SSSR count). The molecule has 0 fully saturated rings. The van der Waals surface area contributed by atoms with Crippen LogP contribution in [-0.2, 0) is 6.42 Å². The predicted octanol–water partition coefficient (Wildman–Crippen LogP) is 3.14. The van der Waals surface area contributed by atoms with Gasteiger partial charge in [-0.1, -0.05) is 6.92 Å². The van der Waals surface area contributed by atoms with E-state index in [1.807, 2.05) is 19.1 Å². The molecule has 0 bridgehead atoms. The third-order valence-electron chi connectivity index (χ3n) is 2.60. The summed E-state index contributed by atoms with van der Waals surface area (Å²) >= 11 is 3.49. The summed E-state index contributed by atoms with van der Waals surface area (Å²) in [6.07, 6.45) is 1.81. The first-order valence-electron chi connectivity index (χ1n) is 5.87. The Hall–Kier alpha value is -0.740. The fourth-order valence-electron chi connectivity index (χ4n) is 1.65. The highest BCUT2D eigenvalue weighted by Gasteiger charge is 2.12. The lowest BCUT2D eigenvalue weighted by atomic mass is 10.0. The van der Waals surface area contributed by atoms with Crippen LogP contribution in [0.5, 0.6) is 11.5 Å². The number of hydrogen-bond donors (Lipinski definition) is 1. The molecule has 4 heteroatoms. The molecule has 0 saturated carbocycles. The number of rotatable bonds is 6. The van der Waals surface area contributed by atoms with Crippen LogP contribution in [0.25, 0.3) is 0 Å². The topological polar surface area (TPSA) is 44.5 Å². The summed E-state index contributed by atoms with van der Waals surface area (Å²) in [4.78, 5) is 0. The zero-order valence-corrected chi connectivity index (χ0v) is 12.2. The normalized spacial score (nSPS) is 12.3. The fraction of sp³-hybridized carbons (Fsp3) is 0.538. The molecule has 0 aliphatic rings. The van der Waals surface area contributed by atoms with Crippen LogP contribution in [-0.4, -0.2) is 19.8 Å². The number of ether oxygens (including phenoxy) is 2. The molecule has 17 heavy (non-hydrogen) atoms. The molecule has 2 N–H and O–H groups in total. The smallest absolute Gasteiger partial charge is 0.174 e. The second-order valence-electron chi connectivity index (χ2n) is 3.91. The van der Waals surface area contributed by atoms with Gasteiger partial charge in [0.15, 0.2) is 11.5 Å². The average Bonchev–Trinajstić information content (AvgIpc) is 2.29. The molecule has 1 aromatic rings. The first-order chi connectivity index (χ1) is 8.12. The van der Waals surface area contributed by atoms with Crippen molar-refractivity contribution in [2.45, 2.75) is 32.7 Å². The molecule has 0 aliphatic heterocycles. The molecule has 3 nitrogen and oxygen atoms in total. The lowest BCUT2D eigenvalue weighted by molar-refractivity contribution is 0.309. The number of benzene rings is 1. The van der Waals surface area contributed by atoms with Gasteiger partial charge in [0, 0.05) is 6.04 Å². The molecule has 0 radical (unpaired) electrons. The maximum absolute atomic E-state index is 5.96. The fourth-order valence-corrected chi connectivity index (χ4v) is 2.30. The summed E-state index contributed by atoms with van der Waals surface area (Å²) in [7, 11) is 1.64. The van der Waals surface area contributed by atoms with Crippen molar-refractivity contribution in [2.24, 2.45) is 5.73 Å². The maximum Gasteiger partial charge on any atom is 0.174 e. The highest BCUT2D eigenvalue weighted by Crippen LogP contribution is 2.36. The minimum absolute atomic E-state index is 0.185. The Morgan fingerprint density at radius 2 is 2.06 bits per heavy atom. The summed E-state index contributed by atoms with van der Waals surface area (Å²) in [6.45, 7) is 4.66. The van der Waals surface area contributed by atoms with Crippen LogP contribution in [0.2, 0.25) is 0 Å². The van der Waals surface area contributed by atoms with Crippen molar-refractivity contribution >= 4 is 15.9 Å². The Morgan fingerprint density at radius 3 is 2.59 bits per heavy atom. The van der Waals surface area contributed by atoms with Gasteiger partial charge in [-0.2, -0.15) is 0 Å². The molecule has 96 valence electrons. The Labute approximate surface area is 111 Å². The predicted molar refractivity (Wildman–Crippen MR) is 73.8 cm³/mol. The number of halogens is 1. The molecule has 0 aromatic heterocycles. The lowest BCUT2D eigenvalue weighted by Gasteiger charge is -2.15. The summed E-state index contributed by atoms with van der Waals surface area (Å²) in [5.41, 5.74) is 7.12. The van der Waals surface area contributed by atoms with Gasteiger partial charge in [-0.05, 0) is 53.4 Å². The van der Waals surface area contributed by atoms with Crippen molar-refractivity contribution in [2.75, 3.05) is 13.7 Å². The average molecular weight is 302 g/mol. The highest BCUT2D eigenvalue weighted by atomic mass is 79.9. The van der Waals surface area contributed by atoms with Crippen LogP contribution in [0, 0.1) is 0 Å². The summed E-state index contributed by atoms with van der Waals surface area (Å²) in [5.74, 6) is 1.50. The summed E-state index contributed by atoms with van der Waals surface area (Å²) < 4.78 is 11.8. The van der Waals surface area contributed by atoms with E-state index in [1.54, 1.807) is 7.11 Å². The molecular formula is C13H20BrNO2. The van der Waals surface area contributed by atoms with E-state index in [4.69, 9.17) is 15.2 Å². The first kappa shape index (κ1) is 14.3. The van der Waals surface area contributed by atoms with Gasteiger partial charge in [0.1, 0.15) is 0 Å². The quantitative estimate of drug-likeness (QED) is 0.878. The van der Waals surface area contributed by atoms with Gasteiger partial charge in [-0.3, -0.25) is 0 Å². The van der Waals surface area contributed by atoms with E-state index in [0.717, 1.165) is 34.4 Å². The SMILES string of the molecule is CCOc1cc(CC(N)CC)cc(Br)c1OC. The molecule has 0 saturated heterocycles. The molecule has 0 spiro atoms. The Morgan fingerprint density at radius 1 is 1.35 bits per heavy atom. The largest absolute Gasteiger partial charge is 0.492 e. The standard InChI is InChI=1S/C13H20BrNO2/c1-4-10(15)6-9-7-11(14)13(16-3)12(8-9)17-5-2/h7-8,10H,4-6,15H2,1-3H3. The van der Waals surface area contributed by atoms with E-state index >= 15 is 0 Å². The number of hydrogen-bond acceptors (Lipinski definition) is 3. The zero-order valence-electron chi connectivity index (χ0n) is 10.6. The van der Waals surface area contributed by atoms with Crippen LogP contribution in [0.15, 0.2) is 16.6 Å². The van der Waals surface area contributed by atoms with E-state index < -0.39 is 0 Å². The van der Waals surface area contributed by atoms with Crippen molar-refractivity contribution in [3.63, 3.8) is 0 Å². The van der Waals surface area contributed by atoms with Crippen molar-refractivity contribution in [1.82, 2.24) is 0 Å². The zero-order chi connectivity index (χ0) is 12.8. The molecule has 0 amide bonds. The van der Waals surface area contributed by atoms with Gasteiger partial charge in [-0.25, -0.2) is 0 Å². The number of nitrogens with two attached hydrogens (primary N) is 1. The highest BCUT2D eigenvalue weighted by molar-refractivity contribution is 9.10. The van der Waals surface area contributed by atoms with Crippen molar-refractivity contribution in [3.05, 3.63) is 22.2 Å². The molecule has 0 aliphatic carbocycles. The van der Waals surface area contributed by atoms with Gasteiger partial charge >= 0.3 is 0 Å². The van der Waals surface area contributed by atoms with E-state index in [1.165, 1.54) is 0 Å². The summed E-state index contributed by atoms with van der Waals surface area (Å²) in [6, 6.07) is 4.23. The van der Waals surface area contributed by atoms with Gasteiger partial charge in [0.25, 0.3) is 0 Å². The van der Waals surface area contributed by atoms with Crippen molar-refractivity contribution in [1.29, 1.82) is 0 Å². The third-order valence-corrected chi connectivity index (χ3v) is 3.18. The first-order valence-corrected chi connectivity index (χ1v) is 6.66. The van der Waals surface area contributed by atoms with E-state index in [9.17, 15) is 0 Å². The lowest BCUT2D eigenvalue weighted by Crippen LogP contribution is -2.21. The summed E-state index contributed by atoms with van der Waals surface area (Å²) in [5, 5.41) is 0. The second kappa shape index (κ2) is 6.87. The van der Waals surface area contributed by atoms with Crippen LogP contribution in [0.1, 0.15) is 25.8 Å².